The van der Waals surface area contributed by atoms with Crippen LogP contribution in [0.3, 0.4) is 0 Å². The molecule has 0 saturated carbocycles. The van der Waals surface area contributed by atoms with E-state index in [1.54, 1.807) is 24.5 Å². The van der Waals surface area contributed by atoms with Gasteiger partial charge in [0.05, 0.1) is 11.1 Å². The molecule has 2 aromatic rings. The highest BCUT2D eigenvalue weighted by atomic mass is 35.5. The molecule has 1 unspecified atom stereocenters. The lowest BCUT2D eigenvalue weighted by Gasteiger charge is -2.16. The molecular formula is C14H15ClFN3. The van der Waals surface area contributed by atoms with Gasteiger partial charge in [0.15, 0.2) is 0 Å². The van der Waals surface area contributed by atoms with Crippen LogP contribution >= 0.6 is 11.6 Å². The Bertz CT molecular complexity index is 574. The van der Waals surface area contributed by atoms with Crippen LogP contribution in [0.15, 0.2) is 36.7 Å². The van der Waals surface area contributed by atoms with Crippen molar-refractivity contribution in [1.29, 1.82) is 0 Å². The summed E-state index contributed by atoms with van der Waals surface area (Å²) in [6.45, 7) is 1.97. The Kier molecular flexibility index (Phi) is 4.47. The first-order valence-electron chi connectivity index (χ1n) is 5.91. The third-order valence-corrected chi connectivity index (χ3v) is 3.21. The Balaban J connectivity index is 2.21. The lowest BCUT2D eigenvalue weighted by Crippen LogP contribution is -2.29. The van der Waals surface area contributed by atoms with Crippen molar-refractivity contribution in [3.8, 4) is 0 Å². The second kappa shape index (κ2) is 6.10. The Hall–Kier alpha value is -1.49. The van der Waals surface area contributed by atoms with Crippen LogP contribution in [0.4, 0.5) is 4.39 Å². The maximum absolute atomic E-state index is 13.1. The van der Waals surface area contributed by atoms with Gasteiger partial charge in [-0.15, -0.1) is 0 Å². The van der Waals surface area contributed by atoms with Crippen molar-refractivity contribution in [1.82, 2.24) is 10.4 Å². The number of pyridine rings is 1. The summed E-state index contributed by atoms with van der Waals surface area (Å²) in [6.07, 6.45) is 4.16. The van der Waals surface area contributed by atoms with Crippen molar-refractivity contribution in [2.45, 2.75) is 19.4 Å². The fraction of sp³-hybridized carbons (Fsp3) is 0.214. The van der Waals surface area contributed by atoms with Gasteiger partial charge in [0.2, 0.25) is 0 Å². The van der Waals surface area contributed by atoms with E-state index in [-0.39, 0.29) is 11.1 Å². The second-order valence-corrected chi connectivity index (χ2v) is 4.87. The minimum absolute atomic E-state index is 0.0890. The lowest BCUT2D eigenvalue weighted by molar-refractivity contribution is 0.549. The monoisotopic (exact) mass is 279 g/mol. The number of aromatic nitrogens is 1. The molecule has 5 heteroatoms. The van der Waals surface area contributed by atoms with E-state index in [2.05, 4.69) is 10.4 Å². The molecule has 3 N–H and O–H groups in total. The summed E-state index contributed by atoms with van der Waals surface area (Å²) < 4.78 is 13.1. The predicted molar refractivity (Wildman–Crippen MR) is 74.2 cm³/mol. The average Bonchev–Trinajstić information content (AvgIpc) is 2.40. The zero-order valence-electron chi connectivity index (χ0n) is 10.5. The number of benzene rings is 1. The molecule has 0 aliphatic carbocycles. The van der Waals surface area contributed by atoms with Gasteiger partial charge in [0.25, 0.3) is 0 Å². The number of nitrogens with two attached hydrogens (primary N) is 1. The van der Waals surface area contributed by atoms with Gasteiger partial charge >= 0.3 is 0 Å². The molecule has 0 aliphatic rings. The smallest absolute Gasteiger partial charge is 0.141 e. The molecule has 1 atom stereocenters. The van der Waals surface area contributed by atoms with E-state index in [0.717, 1.165) is 16.7 Å². The molecule has 0 amide bonds. The Morgan fingerprint density at radius 3 is 2.79 bits per heavy atom. The number of aryl methyl sites for hydroxylation is 1. The number of rotatable bonds is 4. The van der Waals surface area contributed by atoms with E-state index in [9.17, 15) is 4.39 Å². The van der Waals surface area contributed by atoms with Crippen LogP contribution in [0.25, 0.3) is 0 Å². The van der Waals surface area contributed by atoms with Gasteiger partial charge in [-0.3, -0.25) is 16.3 Å². The first-order valence-corrected chi connectivity index (χ1v) is 6.29. The highest BCUT2D eigenvalue weighted by Crippen LogP contribution is 2.21. The number of hydrogen-bond acceptors (Lipinski definition) is 3. The van der Waals surface area contributed by atoms with Gasteiger partial charge in [-0.2, -0.15) is 0 Å². The van der Waals surface area contributed by atoms with E-state index in [1.165, 1.54) is 6.07 Å². The van der Waals surface area contributed by atoms with Gasteiger partial charge in [-0.1, -0.05) is 23.7 Å². The molecule has 0 spiro atoms. The quantitative estimate of drug-likeness (QED) is 0.668. The minimum Gasteiger partial charge on any atom is -0.271 e. The standard InChI is InChI=1S/C14H15ClFN3/c1-9-4-11(8-18-7-9)14(19-17)6-10-2-3-13(16)12(15)5-10/h2-5,7-8,14,19H,6,17H2,1H3. The van der Waals surface area contributed by atoms with Gasteiger partial charge in [0.1, 0.15) is 5.82 Å². The topological polar surface area (TPSA) is 50.9 Å². The number of hydrazine groups is 1. The summed E-state index contributed by atoms with van der Waals surface area (Å²) in [4.78, 5) is 4.14. The first-order chi connectivity index (χ1) is 9.10. The normalized spacial score (nSPS) is 12.4. The first kappa shape index (κ1) is 13.9. The third-order valence-electron chi connectivity index (χ3n) is 2.92. The van der Waals surface area contributed by atoms with Crippen molar-refractivity contribution >= 4 is 11.6 Å². The van der Waals surface area contributed by atoms with Gasteiger partial charge in [0, 0.05) is 12.4 Å². The highest BCUT2D eigenvalue weighted by molar-refractivity contribution is 6.30. The summed E-state index contributed by atoms with van der Waals surface area (Å²) in [6, 6.07) is 6.61. The van der Waals surface area contributed by atoms with Gasteiger partial charge in [-0.25, -0.2) is 4.39 Å². The molecule has 3 nitrogen and oxygen atoms in total. The van der Waals surface area contributed by atoms with Crippen LogP contribution in [-0.2, 0) is 6.42 Å². The molecule has 1 aromatic carbocycles. The maximum Gasteiger partial charge on any atom is 0.141 e. The van der Waals surface area contributed by atoms with Crippen LogP contribution in [0.2, 0.25) is 5.02 Å². The van der Waals surface area contributed by atoms with Gasteiger partial charge < -0.3 is 0 Å². The Labute approximate surface area is 116 Å². The molecule has 2 rings (SSSR count). The van der Waals surface area contributed by atoms with Crippen molar-refractivity contribution in [3.63, 3.8) is 0 Å². The summed E-state index contributed by atoms with van der Waals surface area (Å²) >= 11 is 5.77. The zero-order valence-corrected chi connectivity index (χ0v) is 11.3. The summed E-state index contributed by atoms with van der Waals surface area (Å²) in [7, 11) is 0. The van der Waals surface area contributed by atoms with Gasteiger partial charge in [-0.05, 0) is 42.2 Å². The van der Waals surface area contributed by atoms with E-state index in [4.69, 9.17) is 17.4 Å². The predicted octanol–water partition coefficient (Wildman–Crippen LogP) is 2.93. The molecule has 0 bridgehead atoms. The fourth-order valence-corrected chi connectivity index (χ4v) is 2.15. The Morgan fingerprint density at radius 1 is 1.37 bits per heavy atom. The van der Waals surface area contributed by atoms with Crippen molar-refractivity contribution in [2.24, 2.45) is 5.84 Å². The van der Waals surface area contributed by atoms with Crippen LogP contribution < -0.4 is 11.3 Å². The summed E-state index contributed by atoms with van der Waals surface area (Å²) in [5.74, 6) is 5.17. The second-order valence-electron chi connectivity index (χ2n) is 4.47. The van der Waals surface area contributed by atoms with Crippen LogP contribution in [0.5, 0.6) is 0 Å². The van der Waals surface area contributed by atoms with Crippen molar-refractivity contribution < 1.29 is 4.39 Å². The average molecular weight is 280 g/mol. The summed E-state index contributed by atoms with van der Waals surface area (Å²) in [5, 5.41) is 0.121. The minimum atomic E-state index is -0.417. The van der Waals surface area contributed by atoms with E-state index in [0.29, 0.717) is 6.42 Å². The summed E-state index contributed by atoms with van der Waals surface area (Å²) in [5.41, 5.74) is 5.72. The number of nitrogens with zero attached hydrogens (tertiary/aromatic N) is 1. The molecule has 100 valence electrons. The van der Waals surface area contributed by atoms with E-state index >= 15 is 0 Å². The maximum atomic E-state index is 13.1. The SMILES string of the molecule is Cc1cncc(C(Cc2ccc(F)c(Cl)c2)NN)c1. The molecule has 0 saturated heterocycles. The number of nitrogens with one attached hydrogen (secondary N) is 1. The Morgan fingerprint density at radius 2 is 2.16 bits per heavy atom. The van der Waals surface area contributed by atoms with Crippen molar-refractivity contribution in [2.75, 3.05) is 0 Å². The lowest BCUT2D eigenvalue weighted by atomic mass is 10.00. The molecule has 19 heavy (non-hydrogen) atoms. The zero-order chi connectivity index (χ0) is 13.8. The van der Waals surface area contributed by atoms with Crippen molar-refractivity contribution in [3.05, 3.63) is 64.2 Å². The van der Waals surface area contributed by atoms with E-state index in [1.807, 2.05) is 13.0 Å². The van der Waals surface area contributed by atoms with Crippen LogP contribution in [-0.4, -0.2) is 4.98 Å². The molecule has 0 fully saturated rings. The van der Waals surface area contributed by atoms with E-state index < -0.39 is 5.82 Å². The molecular weight excluding hydrogens is 265 g/mol. The molecule has 0 aliphatic heterocycles. The highest BCUT2D eigenvalue weighted by Gasteiger charge is 2.12. The molecule has 0 radical (unpaired) electrons. The largest absolute Gasteiger partial charge is 0.271 e. The van der Waals surface area contributed by atoms with Crippen LogP contribution in [0, 0.1) is 12.7 Å². The fourth-order valence-electron chi connectivity index (χ4n) is 1.94. The van der Waals surface area contributed by atoms with Crippen LogP contribution in [0.1, 0.15) is 22.7 Å². The molecule has 1 heterocycles. The third kappa shape index (κ3) is 3.50. The molecule has 1 aromatic heterocycles. The number of halogens is 2. The number of hydrogen-bond donors (Lipinski definition) is 2.